The van der Waals surface area contributed by atoms with Crippen molar-refractivity contribution >= 4 is 23.4 Å². The van der Waals surface area contributed by atoms with Gasteiger partial charge in [-0.1, -0.05) is 30.7 Å². The Balaban J connectivity index is 2.18. The number of hydrogen-bond acceptors (Lipinski definition) is 3. The highest BCUT2D eigenvalue weighted by Gasteiger charge is 2.29. The summed E-state index contributed by atoms with van der Waals surface area (Å²) in [5.41, 5.74) is 0.724. The molecule has 0 radical (unpaired) electrons. The predicted octanol–water partition coefficient (Wildman–Crippen LogP) is 4.19. The first kappa shape index (κ1) is 22.7. The number of rotatable bonds is 9. The molecule has 0 bridgehead atoms. The van der Waals surface area contributed by atoms with Gasteiger partial charge in [0, 0.05) is 17.6 Å². The summed E-state index contributed by atoms with van der Waals surface area (Å²) in [6.07, 6.45) is 0.437. The largest absolute Gasteiger partial charge is 0.484 e. The van der Waals surface area contributed by atoms with Crippen LogP contribution in [0.2, 0.25) is 5.02 Å². The van der Waals surface area contributed by atoms with E-state index >= 15 is 0 Å². The zero-order valence-corrected chi connectivity index (χ0v) is 17.6. The van der Waals surface area contributed by atoms with E-state index in [1.54, 1.807) is 36.4 Å². The summed E-state index contributed by atoms with van der Waals surface area (Å²) in [6.45, 7) is 5.51. The first-order valence-electron chi connectivity index (χ1n) is 9.52. The van der Waals surface area contributed by atoms with Gasteiger partial charge in [0.2, 0.25) is 5.91 Å². The van der Waals surface area contributed by atoms with Crippen LogP contribution < -0.4 is 10.1 Å². The molecule has 156 valence electrons. The summed E-state index contributed by atoms with van der Waals surface area (Å²) >= 11 is 5.86. The summed E-state index contributed by atoms with van der Waals surface area (Å²) in [4.78, 5) is 27.1. The SMILES string of the molecule is CC[C@@H](C(=O)NC(C)C)N(Cc1ccc(F)cc1)C(=O)COc1ccc(Cl)cc1. The average Bonchev–Trinajstić information content (AvgIpc) is 2.68. The van der Waals surface area contributed by atoms with E-state index in [0.29, 0.717) is 17.2 Å². The van der Waals surface area contributed by atoms with Crippen LogP contribution in [0.5, 0.6) is 5.75 Å². The molecule has 0 unspecified atom stereocenters. The second kappa shape index (κ2) is 10.8. The third-order valence-electron chi connectivity index (χ3n) is 4.26. The van der Waals surface area contributed by atoms with Crippen LogP contribution in [0.1, 0.15) is 32.8 Å². The smallest absolute Gasteiger partial charge is 0.261 e. The number of amides is 2. The number of benzene rings is 2. The van der Waals surface area contributed by atoms with Crippen molar-refractivity contribution in [3.05, 3.63) is 64.9 Å². The van der Waals surface area contributed by atoms with Crippen LogP contribution in [0.15, 0.2) is 48.5 Å². The molecule has 2 rings (SSSR count). The Bertz CT molecular complexity index is 810. The van der Waals surface area contributed by atoms with E-state index in [1.165, 1.54) is 17.0 Å². The van der Waals surface area contributed by atoms with Gasteiger partial charge in [0.15, 0.2) is 6.61 Å². The minimum atomic E-state index is -0.663. The lowest BCUT2D eigenvalue weighted by molar-refractivity contribution is -0.143. The summed E-state index contributed by atoms with van der Waals surface area (Å²) in [7, 11) is 0. The lowest BCUT2D eigenvalue weighted by Crippen LogP contribution is -2.51. The molecule has 0 aliphatic heterocycles. The molecule has 29 heavy (non-hydrogen) atoms. The molecule has 1 N–H and O–H groups in total. The molecule has 1 atom stereocenters. The van der Waals surface area contributed by atoms with Crippen LogP contribution in [0.4, 0.5) is 4.39 Å². The molecule has 5 nitrogen and oxygen atoms in total. The molecular formula is C22H26ClFN2O3. The first-order chi connectivity index (χ1) is 13.8. The predicted molar refractivity (Wildman–Crippen MR) is 111 cm³/mol. The summed E-state index contributed by atoms with van der Waals surface area (Å²) in [6, 6.07) is 11.8. The third kappa shape index (κ3) is 7.06. The van der Waals surface area contributed by atoms with E-state index in [2.05, 4.69) is 5.32 Å². The van der Waals surface area contributed by atoms with Crippen molar-refractivity contribution in [1.82, 2.24) is 10.2 Å². The van der Waals surface area contributed by atoms with Gasteiger partial charge in [0.1, 0.15) is 17.6 Å². The minimum Gasteiger partial charge on any atom is -0.484 e. The average molecular weight is 421 g/mol. The van der Waals surface area contributed by atoms with Gasteiger partial charge >= 0.3 is 0 Å². The highest BCUT2D eigenvalue weighted by Crippen LogP contribution is 2.17. The second-order valence-electron chi connectivity index (χ2n) is 6.98. The molecule has 2 aromatic rings. The fourth-order valence-corrected chi connectivity index (χ4v) is 2.97. The van der Waals surface area contributed by atoms with Gasteiger partial charge in [-0.2, -0.15) is 0 Å². The third-order valence-corrected chi connectivity index (χ3v) is 4.51. The molecule has 0 fully saturated rings. The lowest BCUT2D eigenvalue weighted by Gasteiger charge is -2.31. The van der Waals surface area contributed by atoms with Crippen molar-refractivity contribution in [3.63, 3.8) is 0 Å². The van der Waals surface area contributed by atoms with E-state index in [0.717, 1.165) is 5.56 Å². The maximum absolute atomic E-state index is 13.2. The molecule has 0 saturated heterocycles. The fraction of sp³-hybridized carbons (Fsp3) is 0.364. The topological polar surface area (TPSA) is 58.6 Å². The number of nitrogens with one attached hydrogen (secondary N) is 1. The Kier molecular flexibility index (Phi) is 8.46. The standard InChI is InChI=1S/C22H26ClFN2O3/c1-4-20(22(28)25-15(2)3)26(13-16-5-9-18(24)10-6-16)21(27)14-29-19-11-7-17(23)8-12-19/h5-12,15,20H,4,13-14H2,1-3H3,(H,25,28)/t20-/m0/s1. The van der Waals surface area contributed by atoms with E-state index in [1.807, 2.05) is 20.8 Å². The number of ether oxygens (including phenoxy) is 1. The van der Waals surface area contributed by atoms with Gasteiger partial charge < -0.3 is 15.0 Å². The normalized spacial score (nSPS) is 11.8. The molecular weight excluding hydrogens is 395 g/mol. The molecule has 0 saturated carbocycles. The number of halogens is 2. The van der Waals surface area contributed by atoms with E-state index in [4.69, 9.17) is 16.3 Å². The Hall–Kier alpha value is -2.60. The van der Waals surface area contributed by atoms with Crippen molar-refractivity contribution < 1.29 is 18.7 Å². The summed E-state index contributed by atoms with van der Waals surface area (Å²) < 4.78 is 18.8. The Labute approximate surface area is 175 Å². The van der Waals surface area contributed by atoms with Crippen LogP contribution in [0.3, 0.4) is 0 Å². The molecule has 0 aliphatic rings. The highest BCUT2D eigenvalue weighted by atomic mass is 35.5. The van der Waals surface area contributed by atoms with Crippen LogP contribution in [-0.2, 0) is 16.1 Å². The van der Waals surface area contributed by atoms with Crippen LogP contribution in [-0.4, -0.2) is 35.4 Å². The quantitative estimate of drug-likeness (QED) is 0.661. The molecule has 0 heterocycles. The van der Waals surface area contributed by atoms with Crippen LogP contribution >= 0.6 is 11.6 Å². The van der Waals surface area contributed by atoms with Gasteiger partial charge in [-0.15, -0.1) is 0 Å². The summed E-state index contributed by atoms with van der Waals surface area (Å²) in [5.74, 6) is -0.425. The molecule has 0 spiro atoms. The summed E-state index contributed by atoms with van der Waals surface area (Å²) in [5, 5.41) is 3.42. The Morgan fingerprint density at radius 1 is 1.10 bits per heavy atom. The van der Waals surface area contributed by atoms with E-state index in [9.17, 15) is 14.0 Å². The maximum atomic E-state index is 13.2. The van der Waals surface area contributed by atoms with Gasteiger partial charge in [-0.05, 0) is 62.2 Å². The molecule has 0 aromatic heterocycles. The van der Waals surface area contributed by atoms with Gasteiger partial charge in [-0.25, -0.2) is 4.39 Å². The van der Waals surface area contributed by atoms with Crippen molar-refractivity contribution in [3.8, 4) is 5.75 Å². The maximum Gasteiger partial charge on any atom is 0.261 e. The zero-order valence-electron chi connectivity index (χ0n) is 16.8. The molecule has 0 aliphatic carbocycles. The van der Waals surface area contributed by atoms with Crippen molar-refractivity contribution in [2.75, 3.05) is 6.61 Å². The van der Waals surface area contributed by atoms with Crippen molar-refractivity contribution in [2.45, 2.75) is 45.8 Å². The van der Waals surface area contributed by atoms with Crippen LogP contribution in [0.25, 0.3) is 0 Å². The van der Waals surface area contributed by atoms with Crippen molar-refractivity contribution in [1.29, 1.82) is 0 Å². The Morgan fingerprint density at radius 2 is 1.72 bits per heavy atom. The van der Waals surface area contributed by atoms with Gasteiger partial charge in [0.25, 0.3) is 5.91 Å². The number of carbonyl (C=O) groups is 2. The molecule has 2 aromatic carbocycles. The number of carbonyl (C=O) groups excluding carboxylic acids is 2. The molecule has 2 amide bonds. The van der Waals surface area contributed by atoms with Crippen LogP contribution in [0, 0.1) is 5.82 Å². The van der Waals surface area contributed by atoms with E-state index in [-0.39, 0.29) is 36.8 Å². The van der Waals surface area contributed by atoms with Crippen molar-refractivity contribution in [2.24, 2.45) is 0 Å². The second-order valence-corrected chi connectivity index (χ2v) is 7.41. The van der Waals surface area contributed by atoms with Gasteiger partial charge in [-0.3, -0.25) is 9.59 Å². The fourth-order valence-electron chi connectivity index (χ4n) is 2.85. The highest BCUT2D eigenvalue weighted by molar-refractivity contribution is 6.30. The van der Waals surface area contributed by atoms with E-state index < -0.39 is 6.04 Å². The lowest BCUT2D eigenvalue weighted by atomic mass is 10.1. The number of hydrogen-bond donors (Lipinski definition) is 1. The number of nitrogens with zero attached hydrogens (tertiary/aromatic N) is 1. The monoisotopic (exact) mass is 420 g/mol. The first-order valence-corrected chi connectivity index (χ1v) is 9.90. The Morgan fingerprint density at radius 3 is 2.28 bits per heavy atom. The van der Waals surface area contributed by atoms with Gasteiger partial charge in [0.05, 0.1) is 0 Å². The zero-order chi connectivity index (χ0) is 21.4. The minimum absolute atomic E-state index is 0.0513. The molecule has 7 heteroatoms.